The van der Waals surface area contributed by atoms with Crippen LogP contribution < -0.4 is 15.2 Å². The Balaban J connectivity index is 1.54. The van der Waals surface area contributed by atoms with Crippen LogP contribution in [0, 0.1) is 0 Å². The summed E-state index contributed by atoms with van der Waals surface area (Å²) in [6, 6.07) is 10.3. The van der Waals surface area contributed by atoms with Crippen molar-refractivity contribution in [2.45, 2.75) is 44.7 Å². The molecule has 146 valence electrons. The van der Waals surface area contributed by atoms with E-state index in [2.05, 4.69) is 35.0 Å². The Bertz CT molecular complexity index is 747. The van der Waals surface area contributed by atoms with E-state index in [9.17, 15) is 0 Å². The van der Waals surface area contributed by atoms with E-state index in [0.29, 0.717) is 0 Å². The second-order valence-corrected chi connectivity index (χ2v) is 7.73. The first-order chi connectivity index (χ1) is 13.0. The van der Waals surface area contributed by atoms with E-state index < -0.39 is 0 Å². The molecule has 0 aliphatic carbocycles. The molecule has 3 rings (SSSR count). The van der Waals surface area contributed by atoms with E-state index in [1.807, 2.05) is 18.3 Å². The predicted octanol–water partition coefficient (Wildman–Crippen LogP) is 3.20. The number of fused-ring (bicyclic) bond motifs is 1. The van der Waals surface area contributed by atoms with Crippen molar-refractivity contribution < 1.29 is 9.47 Å². The summed E-state index contributed by atoms with van der Waals surface area (Å²) in [5.74, 6) is 1.62. The van der Waals surface area contributed by atoms with Crippen LogP contribution in [0.25, 0.3) is 0 Å². The summed E-state index contributed by atoms with van der Waals surface area (Å²) in [6.45, 7) is 5.15. The van der Waals surface area contributed by atoms with Crippen LogP contribution in [0.3, 0.4) is 0 Å². The molecule has 0 saturated heterocycles. The van der Waals surface area contributed by atoms with Crippen LogP contribution in [0.5, 0.6) is 11.5 Å². The van der Waals surface area contributed by atoms with Gasteiger partial charge < -0.3 is 15.2 Å². The van der Waals surface area contributed by atoms with Crippen molar-refractivity contribution in [1.82, 2.24) is 9.88 Å². The minimum Gasteiger partial charge on any atom is -0.493 e. The molecule has 0 amide bonds. The average molecular weight is 370 g/mol. The first-order valence-corrected chi connectivity index (χ1v) is 9.66. The summed E-state index contributed by atoms with van der Waals surface area (Å²) in [4.78, 5) is 6.89. The normalized spacial score (nSPS) is 16.4. The number of nitrogens with zero attached hydrogens (tertiary/aromatic N) is 2. The number of aromatic nitrogens is 1. The van der Waals surface area contributed by atoms with Crippen molar-refractivity contribution >= 4 is 0 Å². The molecule has 0 saturated carbocycles. The zero-order valence-electron chi connectivity index (χ0n) is 16.7. The number of aryl methyl sites for hydroxylation is 1. The van der Waals surface area contributed by atoms with Crippen molar-refractivity contribution in [3.05, 3.63) is 53.3 Å². The van der Waals surface area contributed by atoms with E-state index in [1.165, 1.54) is 11.1 Å². The second kappa shape index (κ2) is 8.72. The van der Waals surface area contributed by atoms with Crippen molar-refractivity contribution in [2.75, 3.05) is 27.3 Å². The summed E-state index contributed by atoms with van der Waals surface area (Å²) in [7, 11) is 3.37. The summed E-state index contributed by atoms with van der Waals surface area (Å²) in [6.07, 6.45) is 5.72. The molecule has 1 atom stereocenters. The second-order valence-electron chi connectivity index (χ2n) is 7.73. The maximum atomic E-state index is 6.57. The Morgan fingerprint density at radius 3 is 2.52 bits per heavy atom. The van der Waals surface area contributed by atoms with Crippen molar-refractivity contribution in [1.29, 1.82) is 0 Å². The predicted molar refractivity (Wildman–Crippen MR) is 108 cm³/mol. The highest BCUT2D eigenvalue weighted by molar-refractivity contribution is 5.48. The highest BCUT2D eigenvalue weighted by Crippen LogP contribution is 2.33. The van der Waals surface area contributed by atoms with Crippen LogP contribution in [0.2, 0.25) is 0 Å². The summed E-state index contributed by atoms with van der Waals surface area (Å²) >= 11 is 0. The minimum atomic E-state index is -0.185. The topological polar surface area (TPSA) is 60.6 Å². The van der Waals surface area contributed by atoms with Crippen LogP contribution in [-0.2, 0) is 19.4 Å². The van der Waals surface area contributed by atoms with E-state index in [0.717, 1.165) is 62.5 Å². The number of ether oxygens (including phenoxy) is 2. The molecule has 2 aromatic rings. The van der Waals surface area contributed by atoms with Crippen molar-refractivity contribution in [2.24, 2.45) is 5.73 Å². The first kappa shape index (κ1) is 19.6. The lowest BCUT2D eigenvalue weighted by Gasteiger charge is -2.33. The SMILES string of the molecule is COc1cc2c(cc1OC)CN(CCC(C)(N)CCc1ccccn1)CC2. The van der Waals surface area contributed by atoms with Crippen molar-refractivity contribution in [3.63, 3.8) is 0 Å². The van der Waals surface area contributed by atoms with Gasteiger partial charge in [-0.1, -0.05) is 6.07 Å². The molecule has 1 aliphatic rings. The van der Waals surface area contributed by atoms with Crippen LogP contribution in [0.1, 0.15) is 36.6 Å². The van der Waals surface area contributed by atoms with E-state index in [-0.39, 0.29) is 5.54 Å². The Hall–Kier alpha value is -2.11. The quantitative estimate of drug-likeness (QED) is 0.774. The molecular formula is C22H31N3O2. The van der Waals surface area contributed by atoms with Crippen LogP contribution in [-0.4, -0.2) is 42.7 Å². The maximum absolute atomic E-state index is 6.57. The fourth-order valence-electron chi connectivity index (χ4n) is 3.63. The van der Waals surface area contributed by atoms with Crippen LogP contribution in [0.4, 0.5) is 0 Å². The molecule has 2 N–H and O–H groups in total. The largest absolute Gasteiger partial charge is 0.493 e. The Morgan fingerprint density at radius 2 is 1.85 bits per heavy atom. The Morgan fingerprint density at radius 1 is 1.11 bits per heavy atom. The maximum Gasteiger partial charge on any atom is 0.161 e. The molecule has 0 bridgehead atoms. The third-order valence-corrected chi connectivity index (χ3v) is 5.47. The fraction of sp³-hybridized carbons (Fsp3) is 0.500. The van der Waals surface area contributed by atoms with E-state index in [1.54, 1.807) is 14.2 Å². The lowest BCUT2D eigenvalue weighted by atomic mass is 9.91. The lowest BCUT2D eigenvalue weighted by Crippen LogP contribution is -2.42. The molecule has 1 unspecified atom stereocenters. The van der Waals surface area contributed by atoms with Gasteiger partial charge in [0.05, 0.1) is 14.2 Å². The number of pyridine rings is 1. The van der Waals surface area contributed by atoms with Crippen LogP contribution in [0.15, 0.2) is 36.5 Å². The average Bonchev–Trinajstić information content (AvgIpc) is 2.70. The van der Waals surface area contributed by atoms with Crippen LogP contribution >= 0.6 is 0 Å². The summed E-state index contributed by atoms with van der Waals surface area (Å²) in [5.41, 5.74) is 10.2. The van der Waals surface area contributed by atoms with Gasteiger partial charge in [0.2, 0.25) is 0 Å². The molecule has 0 fully saturated rings. The molecule has 5 heteroatoms. The van der Waals surface area contributed by atoms with Gasteiger partial charge >= 0.3 is 0 Å². The molecule has 1 aromatic heterocycles. The van der Waals surface area contributed by atoms with Crippen molar-refractivity contribution in [3.8, 4) is 11.5 Å². The van der Waals surface area contributed by atoms with Gasteiger partial charge in [-0.15, -0.1) is 0 Å². The van der Waals surface area contributed by atoms with E-state index >= 15 is 0 Å². The highest BCUT2D eigenvalue weighted by atomic mass is 16.5. The molecule has 1 aliphatic heterocycles. The number of benzene rings is 1. The number of hydrogen-bond donors (Lipinski definition) is 1. The number of methoxy groups -OCH3 is 2. The zero-order chi connectivity index (χ0) is 19.3. The summed E-state index contributed by atoms with van der Waals surface area (Å²) < 4.78 is 10.9. The zero-order valence-corrected chi connectivity index (χ0v) is 16.7. The fourth-order valence-corrected chi connectivity index (χ4v) is 3.63. The lowest BCUT2D eigenvalue weighted by molar-refractivity contribution is 0.222. The van der Waals surface area contributed by atoms with Gasteiger partial charge in [0.25, 0.3) is 0 Å². The van der Waals surface area contributed by atoms with Gasteiger partial charge in [0.15, 0.2) is 11.5 Å². The van der Waals surface area contributed by atoms with Gasteiger partial charge in [-0.2, -0.15) is 0 Å². The molecule has 0 spiro atoms. The van der Waals surface area contributed by atoms with Gasteiger partial charge in [0.1, 0.15) is 0 Å². The van der Waals surface area contributed by atoms with Gasteiger partial charge in [-0.05, 0) is 68.0 Å². The molecule has 5 nitrogen and oxygen atoms in total. The first-order valence-electron chi connectivity index (χ1n) is 9.66. The number of rotatable bonds is 8. The Kier molecular flexibility index (Phi) is 6.34. The standard InChI is InChI=1S/C22H31N3O2/c1-22(23,9-7-19-6-4-5-11-24-19)10-13-25-12-8-17-14-20(26-2)21(27-3)15-18(17)16-25/h4-6,11,14-15H,7-10,12-13,16,23H2,1-3H3. The molecule has 0 radical (unpaired) electrons. The summed E-state index contributed by atoms with van der Waals surface area (Å²) in [5, 5.41) is 0. The third-order valence-electron chi connectivity index (χ3n) is 5.47. The van der Waals surface area contributed by atoms with Gasteiger partial charge in [0, 0.05) is 37.1 Å². The molecule has 1 aromatic carbocycles. The minimum absolute atomic E-state index is 0.185. The third kappa shape index (κ3) is 5.21. The molecule has 2 heterocycles. The highest BCUT2D eigenvalue weighted by Gasteiger charge is 2.23. The van der Waals surface area contributed by atoms with E-state index in [4.69, 9.17) is 15.2 Å². The number of hydrogen-bond acceptors (Lipinski definition) is 5. The molecule has 27 heavy (non-hydrogen) atoms. The van der Waals surface area contributed by atoms with Gasteiger partial charge in [-0.3, -0.25) is 9.88 Å². The monoisotopic (exact) mass is 369 g/mol. The Labute approximate surface area is 162 Å². The smallest absolute Gasteiger partial charge is 0.161 e. The molecular weight excluding hydrogens is 338 g/mol. The number of nitrogens with two attached hydrogens (primary N) is 1. The van der Waals surface area contributed by atoms with Gasteiger partial charge in [-0.25, -0.2) is 0 Å².